The molecular formula is C24H31BrN2O3. The van der Waals surface area contributed by atoms with Crippen molar-refractivity contribution in [3.63, 3.8) is 0 Å². The monoisotopic (exact) mass is 474 g/mol. The molecule has 1 N–H and O–H groups in total. The van der Waals surface area contributed by atoms with E-state index in [1.54, 1.807) is 25.1 Å². The van der Waals surface area contributed by atoms with Gasteiger partial charge < -0.3 is 15.0 Å². The largest absolute Gasteiger partial charge is 0.493 e. The Kier molecular flexibility index (Phi) is 9.87. The summed E-state index contributed by atoms with van der Waals surface area (Å²) in [5.74, 6) is 0.477. The second-order valence-corrected chi connectivity index (χ2v) is 8.40. The Hall–Kier alpha value is -2.34. The van der Waals surface area contributed by atoms with E-state index in [0.717, 1.165) is 22.9 Å². The van der Waals surface area contributed by atoms with Crippen molar-refractivity contribution in [2.24, 2.45) is 0 Å². The molecule has 2 rings (SSSR count). The molecule has 0 aliphatic rings. The summed E-state index contributed by atoms with van der Waals surface area (Å²) in [6.45, 7) is 2.77. The molecule has 162 valence electrons. The van der Waals surface area contributed by atoms with E-state index in [4.69, 9.17) is 4.74 Å². The highest BCUT2D eigenvalue weighted by molar-refractivity contribution is 9.10. The first-order valence-electron chi connectivity index (χ1n) is 10.4. The number of hydrogen-bond acceptors (Lipinski definition) is 3. The van der Waals surface area contributed by atoms with Gasteiger partial charge in [0.2, 0.25) is 5.91 Å². The smallest absolute Gasteiger partial charge is 0.259 e. The second-order valence-electron chi connectivity index (χ2n) is 7.49. The lowest BCUT2D eigenvalue weighted by Gasteiger charge is -2.13. The molecule has 5 nitrogen and oxygen atoms in total. The number of halogens is 1. The van der Waals surface area contributed by atoms with Crippen molar-refractivity contribution in [3.05, 3.63) is 58.1 Å². The van der Waals surface area contributed by atoms with Crippen LogP contribution in [0.25, 0.3) is 0 Å². The Labute approximate surface area is 187 Å². The van der Waals surface area contributed by atoms with Crippen molar-refractivity contribution >= 4 is 33.4 Å². The van der Waals surface area contributed by atoms with Crippen molar-refractivity contribution in [1.29, 1.82) is 0 Å². The molecule has 0 saturated carbocycles. The van der Waals surface area contributed by atoms with Gasteiger partial charge in [-0.25, -0.2) is 0 Å². The van der Waals surface area contributed by atoms with Crippen molar-refractivity contribution < 1.29 is 14.3 Å². The molecule has 2 aromatic rings. The quantitative estimate of drug-likeness (QED) is 0.426. The summed E-state index contributed by atoms with van der Waals surface area (Å²) in [4.78, 5) is 26.2. The zero-order valence-electron chi connectivity index (χ0n) is 18.0. The molecule has 0 fully saturated rings. The van der Waals surface area contributed by atoms with Gasteiger partial charge >= 0.3 is 0 Å². The third kappa shape index (κ3) is 7.82. The second kappa shape index (κ2) is 12.4. The summed E-state index contributed by atoms with van der Waals surface area (Å²) in [6.07, 6.45) is 5.61. The zero-order chi connectivity index (χ0) is 21.9. The van der Waals surface area contributed by atoms with Gasteiger partial charge in [0.25, 0.3) is 5.91 Å². The third-order valence-electron chi connectivity index (χ3n) is 4.78. The molecule has 0 heterocycles. The Morgan fingerprint density at radius 1 is 1.03 bits per heavy atom. The summed E-state index contributed by atoms with van der Waals surface area (Å²) in [7, 11) is 3.51. The molecule has 2 amide bonds. The summed E-state index contributed by atoms with van der Waals surface area (Å²) in [5.41, 5.74) is 2.26. The average molecular weight is 475 g/mol. The van der Waals surface area contributed by atoms with Crippen LogP contribution in [0.4, 0.5) is 5.69 Å². The highest BCUT2D eigenvalue weighted by Gasteiger charge is 2.14. The van der Waals surface area contributed by atoms with Crippen molar-refractivity contribution in [2.45, 2.75) is 45.4 Å². The van der Waals surface area contributed by atoms with Crippen LogP contribution < -0.4 is 10.1 Å². The summed E-state index contributed by atoms with van der Waals surface area (Å²) in [6, 6.07) is 13.1. The minimum absolute atomic E-state index is 0.101. The van der Waals surface area contributed by atoms with E-state index in [2.05, 4.69) is 28.2 Å². The van der Waals surface area contributed by atoms with Crippen molar-refractivity contribution in [3.8, 4) is 5.75 Å². The van der Waals surface area contributed by atoms with Crippen LogP contribution in [0.2, 0.25) is 0 Å². The maximum Gasteiger partial charge on any atom is 0.259 e. The molecule has 0 bridgehead atoms. The van der Waals surface area contributed by atoms with Crippen LogP contribution in [0.1, 0.15) is 54.9 Å². The zero-order valence-corrected chi connectivity index (χ0v) is 19.6. The number of benzene rings is 2. The van der Waals surface area contributed by atoms with Crippen LogP contribution in [-0.4, -0.2) is 37.4 Å². The van der Waals surface area contributed by atoms with Gasteiger partial charge in [0.05, 0.1) is 12.2 Å². The van der Waals surface area contributed by atoms with Crippen LogP contribution in [0.15, 0.2) is 46.9 Å². The highest BCUT2D eigenvalue weighted by Crippen LogP contribution is 2.25. The number of anilines is 1. The van der Waals surface area contributed by atoms with Crippen LogP contribution in [0.3, 0.4) is 0 Å². The van der Waals surface area contributed by atoms with Crippen LogP contribution in [-0.2, 0) is 11.2 Å². The summed E-state index contributed by atoms with van der Waals surface area (Å²) >= 11 is 3.43. The average Bonchev–Trinajstić information content (AvgIpc) is 2.73. The van der Waals surface area contributed by atoms with E-state index in [0.29, 0.717) is 36.4 Å². The van der Waals surface area contributed by atoms with Gasteiger partial charge in [0.1, 0.15) is 5.75 Å². The van der Waals surface area contributed by atoms with Gasteiger partial charge in [0, 0.05) is 30.7 Å². The standard InChI is InChI=1S/C24H31BrN2O3/c1-4-5-6-7-16-30-22-14-11-19(25)17-21(22)24(29)26-20-12-8-18(9-13-20)10-15-23(28)27(2)3/h8-9,11-14,17H,4-7,10,15-16H2,1-3H3,(H,26,29). The molecule has 30 heavy (non-hydrogen) atoms. The maximum atomic E-state index is 12.8. The number of ether oxygens (including phenoxy) is 1. The first kappa shape index (κ1) is 23.9. The molecule has 0 unspecified atom stereocenters. The number of carbonyl (C=O) groups excluding carboxylic acids is 2. The first-order chi connectivity index (χ1) is 14.4. The number of unbranched alkanes of at least 4 members (excludes halogenated alkanes) is 3. The summed E-state index contributed by atoms with van der Waals surface area (Å²) in [5, 5.41) is 2.93. The number of nitrogens with zero attached hydrogens (tertiary/aromatic N) is 1. The topological polar surface area (TPSA) is 58.6 Å². The lowest BCUT2D eigenvalue weighted by Crippen LogP contribution is -2.21. The highest BCUT2D eigenvalue weighted by atomic mass is 79.9. The van der Waals surface area contributed by atoms with Crippen LogP contribution in [0.5, 0.6) is 5.75 Å². The fourth-order valence-electron chi connectivity index (χ4n) is 2.94. The van der Waals surface area contributed by atoms with Gasteiger partial charge in [-0.1, -0.05) is 54.2 Å². The Bertz CT molecular complexity index is 835. The Balaban J connectivity index is 1.98. The molecule has 0 aliphatic heterocycles. The van der Waals surface area contributed by atoms with E-state index in [-0.39, 0.29) is 11.8 Å². The SMILES string of the molecule is CCCCCCOc1ccc(Br)cc1C(=O)Nc1ccc(CCC(=O)N(C)C)cc1. The van der Waals surface area contributed by atoms with Gasteiger partial charge in [0.15, 0.2) is 0 Å². The molecule has 0 spiro atoms. The molecule has 2 aromatic carbocycles. The Morgan fingerprint density at radius 2 is 1.77 bits per heavy atom. The van der Waals surface area contributed by atoms with Gasteiger partial charge in [-0.15, -0.1) is 0 Å². The van der Waals surface area contributed by atoms with E-state index in [1.165, 1.54) is 12.8 Å². The molecule has 0 saturated heterocycles. The number of hydrogen-bond donors (Lipinski definition) is 1. The molecule has 0 radical (unpaired) electrons. The predicted molar refractivity (Wildman–Crippen MR) is 125 cm³/mol. The number of aryl methyl sites for hydroxylation is 1. The fourth-order valence-corrected chi connectivity index (χ4v) is 3.31. The van der Waals surface area contributed by atoms with Gasteiger partial charge in [-0.2, -0.15) is 0 Å². The van der Waals surface area contributed by atoms with Gasteiger partial charge in [-0.05, 0) is 48.7 Å². The fraction of sp³-hybridized carbons (Fsp3) is 0.417. The third-order valence-corrected chi connectivity index (χ3v) is 5.27. The van der Waals surface area contributed by atoms with Gasteiger partial charge in [-0.3, -0.25) is 9.59 Å². The van der Waals surface area contributed by atoms with Crippen molar-refractivity contribution in [2.75, 3.05) is 26.0 Å². The lowest BCUT2D eigenvalue weighted by atomic mass is 10.1. The van der Waals surface area contributed by atoms with Crippen molar-refractivity contribution in [1.82, 2.24) is 4.90 Å². The Morgan fingerprint density at radius 3 is 2.43 bits per heavy atom. The number of amides is 2. The first-order valence-corrected chi connectivity index (χ1v) is 11.2. The molecule has 0 atom stereocenters. The number of carbonyl (C=O) groups is 2. The lowest BCUT2D eigenvalue weighted by molar-refractivity contribution is -0.128. The molecule has 0 aromatic heterocycles. The summed E-state index contributed by atoms with van der Waals surface area (Å²) < 4.78 is 6.70. The minimum Gasteiger partial charge on any atom is -0.493 e. The molecule has 6 heteroatoms. The van der Waals surface area contributed by atoms with E-state index in [1.807, 2.05) is 36.4 Å². The predicted octanol–water partition coefficient (Wildman–Crippen LogP) is 5.68. The number of rotatable bonds is 11. The normalized spacial score (nSPS) is 10.5. The minimum atomic E-state index is -0.213. The van der Waals surface area contributed by atoms with Crippen LogP contribution >= 0.6 is 15.9 Å². The maximum absolute atomic E-state index is 12.8. The molecule has 0 aliphatic carbocycles. The van der Waals surface area contributed by atoms with E-state index in [9.17, 15) is 9.59 Å². The van der Waals surface area contributed by atoms with E-state index >= 15 is 0 Å². The molecular weight excluding hydrogens is 444 g/mol. The van der Waals surface area contributed by atoms with Crippen LogP contribution in [0, 0.1) is 0 Å². The van der Waals surface area contributed by atoms with E-state index < -0.39 is 0 Å². The number of nitrogens with one attached hydrogen (secondary N) is 1.